The monoisotopic (exact) mass is 1350 g/mol. The van der Waals surface area contributed by atoms with Crippen LogP contribution in [0.5, 0.6) is 0 Å². The van der Waals surface area contributed by atoms with Gasteiger partial charge in [0, 0.05) is 0 Å². The van der Waals surface area contributed by atoms with Crippen molar-refractivity contribution < 1.29 is 0 Å². The number of rotatable bonds is 14. The number of hydrogen-bond acceptors (Lipinski definition) is 1. The molecule has 0 bridgehead atoms. The van der Waals surface area contributed by atoms with Crippen molar-refractivity contribution in [3.8, 4) is 0 Å². The third-order valence-corrected chi connectivity index (χ3v) is 28.6. The van der Waals surface area contributed by atoms with Crippen LogP contribution in [-0.2, 0) is 0 Å². The van der Waals surface area contributed by atoms with Crippen LogP contribution in [0.4, 0.5) is 0 Å². The number of halogens is 33. The Morgan fingerprint density at radius 3 is 0.429 bits per heavy atom. The summed E-state index contributed by atoms with van der Waals surface area (Å²) in [6, 6.07) is 0. The number of nitrogens with zero attached hydrogens (tertiary/aromatic N) is 1. The lowest BCUT2D eigenvalue weighted by Gasteiger charge is -2.58. The molecule has 0 aliphatic carbocycles. The molecule has 0 rings (SSSR count). The smallest absolute Gasteiger partial charge is 0.0946 e. The summed E-state index contributed by atoms with van der Waals surface area (Å²) in [6.07, 6.45) is 0. The van der Waals surface area contributed by atoms with E-state index in [1.807, 2.05) is 0 Å². The first-order chi connectivity index (χ1) is 20.4. The van der Waals surface area contributed by atoms with Gasteiger partial charge in [0.15, 0.2) is 47.7 Å². The highest BCUT2D eigenvalue weighted by molar-refractivity contribution is 6.85. The normalized spacial score (nSPS) is 17.3. The summed E-state index contributed by atoms with van der Waals surface area (Å²) in [6.45, 7) is 0. The minimum Gasteiger partial charge on any atom is -0.0946 e. The Balaban J connectivity index is 7.66. The van der Waals surface area contributed by atoms with Crippen molar-refractivity contribution in [2.45, 2.75) is 64.6 Å². The summed E-state index contributed by atoms with van der Waals surface area (Å²) >= 11 is 207. The van der Waals surface area contributed by atoms with E-state index < -0.39 is 64.6 Å². The van der Waals surface area contributed by atoms with Crippen molar-refractivity contribution in [2.75, 3.05) is 0 Å². The van der Waals surface area contributed by atoms with Crippen LogP contribution in [0.15, 0.2) is 0 Å². The van der Waals surface area contributed by atoms with Gasteiger partial charge in [-0.05, 0) is 23.6 Å². The van der Waals surface area contributed by atoms with E-state index in [0.29, 0.717) is 0 Å². The summed E-state index contributed by atoms with van der Waals surface area (Å²) in [5.74, 6) is 0. The average molecular weight is 1360 g/mol. The van der Waals surface area contributed by atoms with E-state index in [-0.39, 0.29) is 3.94 Å². The molecule has 34 heteroatoms. The van der Waals surface area contributed by atoms with Gasteiger partial charge in [0.25, 0.3) is 0 Å². The second kappa shape index (κ2) is 17.5. The molecule has 0 N–H and O–H groups in total. The van der Waals surface area contributed by atoms with Crippen molar-refractivity contribution in [3.63, 3.8) is 0 Å². The Hall–Kier alpha value is 9.53. The maximum absolute atomic E-state index is 6.51. The van der Waals surface area contributed by atoms with E-state index in [9.17, 15) is 0 Å². The van der Waals surface area contributed by atoms with Crippen LogP contribution in [0, 0.1) is 0 Å². The molecule has 0 aromatic rings. The van der Waals surface area contributed by atoms with Crippen LogP contribution < -0.4 is 0 Å². The lowest BCUT2D eigenvalue weighted by Crippen LogP contribution is -2.75. The van der Waals surface area contributed by atoms with E-state index in [2.05, 4.69) is 0 Å². The Kier molecular flexibility index (Phi) is 20.9. The van der Waals surface area contributed by atoms with E-state index >= 15 is 0 Å². The van der Waals surface area contributed by atoms with Gasteiger partial charge >= 0.3 is 0 Å². The Morgan fingerprint density at radius 2 is 0.306 bits per heavy atom. The molecule has 1 nitrogen and oxygen atoms in total. The number of alkyl halides is 31. The van der Waals surface area contributed by atoms with Crippen molar-refractivity contribution in [1.82, 2.24) is 3.94 Å². The molecule has 0 aliphatic heterocycles. The van der Waals surface area contributed by atoms with Crippen molar-refractivity contribution >= 4 is 383 Å². The zero-order chi connectivity index (χ0) is 41.1. The largest absolute Gasteiger partial charge is 0.234 e. The second-order valence-electron chi connectivity index (χ2n) is 8.74. The quantitative estimate of drug-likeness (QED) is 0.0952. The lowest BCUT2D eigenvalue weighted by atomic mass is 9.97. The maximum atomic E-state index is 6.51. The molecule has 0 amide bonds. The number of hydrogen-bond donors (Lipinski definition) is 0. The topological polar surface area (TPSA) is 3.24 Å². The fourth-order valence-electron chi connectivity index (χ4n) is 2.64. The average Bonchev–Trinajstić information content (AvgIpc) is 2.86. The van der Waals surface area contributed by atoms with Crippen LogP contribution in [0.1, 0.15) is 0 Å². The molecule has 0 aromatic heterocycles. The lowest BCUT2D eigenvalue weighted by molar-refractivity contribution is 0.385. The third-order valence-electron chi connectivity index (χ3n) is 5.68. The molecule has 49 heavy (non-hydrogen) atoms. The SMILES string of the molecule is ClN(Cl)C(Cl)(Cl)C(Cl)(Cl)C(Cl)(Cl)C(Cl)(Cl)C(Cl)(Cl)C(Cl)(Cl)C(Cl)(Cl)C(Cl)(Cl)C(Cl)(Cl)C(Cl)(Cl)C(Cl)(Cl)C(Cl)(Cl)C(Cl)(Cl)C(Cl)(Cl)C(Cl)(Cl)Cl. The van der Waals surface area contributed by atoms with Crippen molar-refractivity contribution in [2.24, 2.45) is 0 Å². The molecular formula is C15Cl33N. The van der Waals surface area contributed by atoms with Gasteiger partial charge in [0.2, 0.25) is 16.9 Å². The van der Waals surface area contributed by atoms with Gasteiger partial charge in [0.1, 0.15) is 0 Å². The van der Waals surface area contributed by atoms with Gasteiger partial charge in [-0.15, -0.1) is 0 Å². The highest BCUT2D eigenvalue weighted by Gasteiger charge is 2.87. The molecule has 0 atom stereocenters. The van der Waals surface area contributed by atoms with Crippen molar-refractivity contribution in [1.29, 1.82) is 0 Å². The fraction of sp³-hybridized carbons (Fsp3) is 1.00. The minimum absolute atomic E-state index is 0.0509. The van der Waals surface area contributed by atoms with Gasteiger partial charge in [-0.3, -0.25) is 0 Å². The molecule has 0 aromatic carbocycles. The molecule has 0 aliphatic rings. The maximum Gasteiger partial charge on any atom is 0.234 e. The first kappa shape index (κ1) is 58.5. The van der Waals surface area contributed by atoms with E-state index in [1.165, 1.54) is 0 Å². The molecule has 0 unspecified atom stereocenters. The van der Waals surface area contributed by atoms with Gasteiger partial charge in [-0.2, -0.15) is 0 Å². The Labute approximate surface area is 444 Å². The van der Waals surface area contributed by atoms with Crippen molar-refractivity contribution in [3.05, 3.63) is 0 Å². The van der Waals surface area contributed by atoms with E-state index in [0.717, 1.165) is 0 Å². The first-order valence-corrected chi connectivity index (χ1v) is 22.3. The van der Waals surface area contributed by atoms with Crippen LogP contribution >= 0.6 is 383 Å². The molecule has 296 valence electrons. The van der Waals surface area contributed by atoms with Crippen LogP contribution in [0.3, 0.4) is 0 Å². The zero-order valence-electron chi connectivity index (χ0n) is 20.4. The van der Waals surface area contributed by atoms with Gasteiger partial charge in [0.05, 0.1) is 0 Å². The second-order valence-corrected chi connectivity index (χ2v) is 30.4. The molecule has 0 radical (unpaired) electrons. The molecule has 0 fully saturated rings. The van der Waals surface area contributed by atoms with Crippen LogP contribution in [-0.4, -0.2) is 68.5 Å². The molecular weight excluding hydrogens is 1360 g/mol. The first-order valence-electron chi connectivity index (χ1n) is 9.92. The van der Waals surface area contributed by atoms with Gasteiger partial charge in [-0.25, -0.2) is 0 Å². The summed E-state index contributed by atoms with van der Waals surface area (Å²) in [5.41, 5.74) is 0. The standard InChI is InChI=1S/C15Cl33N/c16-1(17,2(18,19)4(22,23)6(26,27)8(30,31)10(34,35)12(38,39)14(42,43)44)3(20,21)5(24,25)7(28,29)9(32,33)11(36,37)13(40,41)15(45,46)49(47)48. The highest BCUT2D eigenvalue weighted by atomic mass is 35.6. The minimum atomic E-state index is -3.60. The highest BCUT2D eigenvalue weighted by Crippen LogP contribution is 2.77. The Bertz CT molecular complexity index is 1200. The van der Waals surface area contributed by atoms with Crippen LogP contribution in [0.2, 0.25) is 0 Å². The molecule has 0 saturated heterocycles. The summed E-state index contributed by atoms with van der Waals surface area (Å²) in [5, 5.41) is 0. The van der Waals surface area contributed by atoms with Gasteiger partial charge < -0.3 is 0 Å². The predicted molar refractivity (Wildman–Crippen MR) is 236 cm³/mol. The zero-order valence-corrected chi connectivity index (χ0v) is 45.4. The molecule has 0 spiro atoms. The summed E-state index contributed by atoms with van der Waals surface area (Å²) in [7, 11) is 0. The van der Waals surface area contributed by atoms with Crippen LogP contribution in [0.25, 0.3) is 0 Å². The molecule has 0 heterocycles. The Morgan fingerprint density at radius 1 is 0.184 bits per heavy atom. The summed E-state index contributed by atoms with van der Waals surface area (Å²) in [4.78, 5) is 0. The summed E-state index contributed by atoms with van der Waals surface area (Å²) < 4.78 is -50.3. The van der Waals surface area contributed by atoms with Gasteiger partial charge in [-0.1, -0.05) is 364 Å². The molecule has 0 saturated carbocycles. The predicted octanol–water partition coefficient (Wildman–Crippen LogP) is 19.4. The fourth-order valence-corrected chi connectivity index (χ4v) is 13.4. The van der Waals surface area contributed by atoms with E-state index in [1.54, 1.807) is 0 Å². The van der Waals surface area contributed by atoms with E-state index in [4.69, 9.17) is 383 Å². The third kappa shape index (κ3) is 8.86.